The van der Waals surface area contributed by atoms with Gasteiger partial charge in [-0.3, -0.25) is 4.79 Å². The van der Waals surface area contributed by atoms with Gasteiger partial charge in [0.15, 0.2) is 6.10 Å². The lowest BCUT2D eigenvalue weighted by Gasteiger charge is -2.35. The second-order valence-electron chi connectivity index (χ2n) is 7.78. The fourth-order valence-electron chi connectivity index (χ4n) is 3.95. The van der Waals surface area contributed by atoms with E-state index in [9.17, 15) is 9.59 Å². The van der Waals surface area contributed by atoms with Gasteiger partial charge in [-0.05, 0) is 63.2 Å². The Balaban J connectivity index is 1.47. The third kappa shape index (κ3) is 4.74. The minimum atomic E-state index is -0.515. The van der Waals surface area contributed by atoms with Crippen LogP contribution in [0.2, 0.25) is 0 Å². The summed E-state index contributed by atoms with van der Waals surface area (Å²) in [7, 11) is 0. The quantitative estimate of drug-likeness (QED) is 0.786. The molecule has 0 radical (unpaired) electrons. The number of anilines is 3. The smallest absolute Gasteiger partial charge is 0.323 e. The van der Waals surface area contributed by atoms with Crippen molar-refractivity contribution in [2.45, 2.75) is 32.3 Å². The maximum absolute atomic E-state index is 12.8. The zero-order valence-corrected chi connectivity index (χ0v) is 17.3. The van der Waals surface area contributed by atoms with Crippen molar-refractivity contribution in [2.24, 2.45) is 0 Å². The molecule has 2 aliphatic rings. The van der Waals surface area contributed by atoms with E-state index in [1.807, 2.05) is 36.4 Å². The topological polar surface area (TPSA) is 73.9 Å². The van der Waals surface area contributed by atoms with E-state index in [4.69, 9.17) is 4.74 Å². The van der Waals surface area contributed by atoms with Crippen LogP contribution in [-0.2, 0) is 4.79 Å². The molecule has 3 amide bonds. The van der Waals surface area contributed by atoms with Crippen LogP contribution in [0, 0.1) is 0 Å². The molecule has 0 bridgehead atoms. The van der Waals surface area contributed by atoms with Gasteiger partial charge in [0.1, 0.15) is 5.75 Å². The third-order valence-electron chi connectivity index (χ3n) is 5.55. The molecule has 1 saturated heterocycles. The molecule has 1 atom stereocenters. The largest absolute Gasteiger partial charge is 0.479 e. The number of piperidine rings is 1. The van der Waals surface area contributed by atoms with Gasteiger partial charge in [0.05, 0.1) is 5.69 Å². The molecule has 2 aromatic rings. The average molecular weight is 409 g/mol. The summed E-state index contributed by atoms with van der Waals surface area (Å²) in [6, 6.07) is 14.3. The molecule has 1 fully saturated rings. The number of likely N-dealkylation sites (tertiary alicyclic amines) is 1. The van der Waals surface area contributed by atoms with Gasteiger partial charge in [-0.2, -0.15) is 0 Å². The third-order valence-corrected chi connectivity index (χ3v) is 5.55. The number of fused-ring (bicyclic) bond motifs is 1. The van der Waals surface area contributed by atoms with Crippen LogP contribution in [0.5, 0.6) is 5.75 Å². The van der Waals surface area contributed by atoms with Crippen LogP contribution < -0.4 is 20.3 Å². The summed E-state index contributed by atoms with van der Waals surface area (Å²) in [6.45, 7) is 5.40. The summed E-state index contributed by atoms with van der Waals surface area (Å²) in [6.07, 6.45) is 3.20. The van der Waals surface area contributed by atoms with Gasteiger partial charge in [0, 0.05) is 24.5 Å². The number of nitrogens with one attached hydrogen (secondary N) is 2. The number of benzene rings is 2. The highest BCUT2D eigenvalue weighted by Crippen LogP contribution is 2.36. The summed E-state index contributed by atoms with van der Waals surface area (Å²) >= 11 is 0. The van der Waals surface area contributed by atoms with Crippen LogP contribution in [0.15, 0.2) is 48.5 Å². The molecule has 158 valence electrons. The number of para-hydroxylation sites is 1. The monoisotopic (exact) mass is 408 g/mol. The normalized spacial score (nSPS) is 19.0. The lowest BCUT2D eigenvalue weighted by atomic mass is 10.1. The summed E-state index contributed by atoms with van der Waals surface area (Å²) in [5.41, 5.74) is 2.02. The number of hydrogen-bond acceptors (Lipinski definition) is 4. The number of amides is 3. The minimum absolute atomic E-state index is 0.0506. The van der Waals surface area contributed by atoms with E-state index in [-0.39, 0.29) is 11.9 Å². The number of hydrogen-bond donors (Lipinski definition) is 2. The van der Waals surface area contributed by atoms with Gasteiger partial charge in [-0.15, -0.1) is 0 Å². The van der Waals surface area contributed by atoms with E-state index in [0.29, 0.717) is 29.4 Å². The van der Waals surface area contributed by atoms with E-state index < -0.39 is 6.10 Å². The van der Waals surface area contributed by atoms with Crippen LogP contribution in [0.25, 0.3) is 0 Å². The molecule has 0 saturated carbocycles. The molecule has 2 heterocycles. The lowest BCUT2D eigenvalue weighted by Crippen LogP contribution is -2.48. The number of carbonyl (C=O) groups excluding carboxylic acids is 2. The first-order valence-corrected chi connectivity index (χ1v) is 10.6. The van der Waals surface area contributed by atoms with E-state index in [1.54, 1.807) is 24.0 Å². The average Bonchev–Trinajstić information content (AvgIpc) is 2.76. The highest BCUT2D eigenvalue weighted by atomic mass is 16.5. The van der Waals surface area contributed by atoms with Crippen LogP contribution in [0.3, 0.4) is 0 Å². The number of urea groups is 1. The maximum Gasteiger partial charge on any atom is 0.323 e. The van der Waals surface area contributed by atoms with E-state index in [0.717, 1.165) is 19.6 Å². The molecule has 2 aromatic carbocycles. The summed E-state index contributed by atoms with van der Waals surface area (Å²) in [5.74, 6) is 0.611. The molecule has 7 heteroatoms. The molecule has 7 nitrogen and oxygen atoms in total. The first kappa shape index (κ1) is 20.2. The van der Waals surface area contributed by atoms with Gasteiger partial charge in [0.2, 0.25) is 0 Å². The molecule has 0 aliphatic carbocycles. The Bertz CT molecular complexity index is 897. The minimum Gasteiger partial charge on any atom is -0.479 e. The highest BCUT2D eigenvalue weighted by molar-refractivity contribution is 6.03. The van der Waals surface area contributed by atoms with Crippen LogP contribution >= 0.6 is 0 Å². The highest BCUT2D eigenvalue weighted by Gasteiger charge is 2.32. The van der Waals surface area contributed by atoms with Crippen molar-refractivity contribution in [3.8, 4) is 5.75 Å². The fraction of sp³-hybridized carbons (Fsp3) is 0.391. The Morgan fingerprint density at radius 1 is 1.00 bits per heavy atom. The first-order valence-electron chi connectivity index (χ1n) is 10.6. The van der Waals surface area contributed by atoms with Crippen molar-refractivity contribution in [1.29, 1.82) is 0 Å². The number of nitrogens with zero attached hydrogens (tertiary/aromatic N) is 2. The number of ether oxygens (including phenoxy) is 1. The Morgan fingerprint density at radius 3 is 2.50 bits per heavy atom. The van der Waals surface area contributed by atoms with Crippen LogP contribution in [0.4, 0.5) is 21.9 Å². The number of rotatable bonds is 5. The van der Waals surface area contributed by atoms with E-state index in [2.05, 4.69) is 15.5 Å². The Hall–Kier alpha value is -3.06. The predicted molar refractivity (Wildman–Crippen MR) is 118 cm³/mol. The fourth-order valence-corrected chi connectivity index (χ4v) is 3.95. The van der Waals surface area contributed by atoms with Gasteiger partial charge < -0.3 is 25.2 Å². The van der Waals surface area contributed by atoms with E-state index in [1.165, 1.54) is 19.3 Å². The molecule has 4 rings (SSSR count). The van der Waals surface area contributed by atoms with E-state index >= 15 is 0 Å². The summed E-state index contributed by atoms with van der Waals surface area (Å²) in [5, 5.41) is 5.64. The van der Waals surface area contributed by atoms with Crippen LogP contribution in [-0.4, -0.2) is 49.1 Å². The Morgan fingerprint density at radius 2 is 1.73 bits per heavy atom. The molecule has 0 aromatic heterocycles. The molecule has 30 heavy (non-hydrogen) atoms. The van der Waals surface area contributed by atoms with Crippen molar-refractivity contribution in [2.75, 3.05) is 41.7 Å². The molecule has 0 spiro atoms. The Kier molecular flexibility index (Phi) is 6.18. The molecular formula is C23H28N4O3. The van der Waals surface area contributed by atoms with Gasteiger partial charge in [-0.1, -0.05) is 24.6 Å². The van der Waals surface area contributed by atoms with Gasteiger partial charge >= 0.3 is 6.03 Å². The van der Waals surface area contributed by atoms with Crippen molar-refractivity contribution >= 4 is 29.0 Å². The molecular weight excluding hydrogens is 380 g/mol. The predicted octanol–water partition coefficient (Wildman–Crippen LogP) is 3.93. The molecule has 2 aliphatic heterocycles. The van der Waals surface area contributed by atoms with Gasteiger partial charge in [-0.25, -0.2) is 4.79 Å². The first-order chi connectivity index (χ1) is 14.6. The molecule has 1 unspecified atom stereocenters. The summed E-state index contributed by atoms with van der Waals surface area (Å²) < 4.78 is 5.79. The van der Waals surface area contributed by atoms with Crippen molar-refractivity contribution in [3.63, 3.8) is 0 Å². The zero-order valence-electron chi connectivity index (χ0n) is 17.3. The van der Waals surface area contributed by atoms with Crippen molar-refractivity contribution in [3.05, 3.63) is 48.5 Å². The second kappa shape index (κ2) is 9.17. The SMILES string of the molecule is CC1Oc2ccc(NC(=O)Nc3ccccc3)cc2N(CCN2CCCCC2)C1=O. The van der Waals surface area contributed by atoms with Crippen LogP contribution in [0.1, 0.15) is 26.2 Å². The lowest BCUT2D eigenvalue weighted by molar-refractivity contribution is -0.125. The Labute approximate surface area is 177 Å². The molecule has 2 N–H and O–H groups in total. The van der Waals surface area contributed by atoms with Gasteiger partial charge in [0.25, 0.3) is 5.91 Å². The summed E-state index contributed by atoms with van der Waals surface area (Å²) in [4.78, 5) is 29.4. The zero-order chi connectivity index (χ0) is 20.9. The second-order valence-corrected chi connectivity index (χ2v) is 7.78. The number of carbonyl (C=O) groups is 2. The standard InChI is InChI=1S/C23H28N4O3/c1-17-22(28)27(15-14-26-12-6-3-7-13-26)20-16-19(10-11-21(20)30-17)25-23(29)24-18-8-4-2-5-9-18/h2,4-5,8-11,16-17H,3,6-7,12-15H2,1H3,(H2,24,25,29). The van der Waals surface area contributed by atoms with Crippen molar-refractivity contribution < 1.29 is 14.3 Å². The van der Waals surface area contributed by atoms with Crippen molar-refractivity contribution in [1.82, 2.24) is 4.90 Å². The maximum atomic E-state index is 12.8.